The second-order valence-corrected chi connectivity index (χ2v) is 6.64. The largest absolute Gasteiger partial charge is 0.493 e. The summed E-state index contributed by atoms with van der Waals surface area (Å²) in [5, 5.41) is 18.8. The molecule has 0 fully saturated rings. The summed E-state index contributed by atoms with van der Waals surface area (Å²) in [6, 6.07) is 0. The molecule has 2 heterocycles. The van der Waals surface area contributed by atoms with E-state index in [1.165, 1.54) is 0 Å². The van der Waals surface area contributed by atoms with Crippen LogP contribution in [0.2, 0.25) is 0 Å². The highest BCUT2D eigenvalue weighted by Gasteiger charge is 2.41. The van der Waals surface area contributed by atoms with Crippen molar-refractivity contribution in [2.24, 2.45) is 5.16 Å². The van der Waals surface area contributed by atoms with Crippen LogP contribution in [0.25, 0.3) is 0 Å². The minimum atomic E-state index is -4.62. The molecular weight excluding hydrogens is 307 g/mol. The third-order valence-corrected chi connectivity index (χ3v) is 4.34. The van der Waals surface area contributed by atoms with Gasteiger partial charge in [-0.15, -0.1) is 0 Å². The second-order valence-electron chi connectivity index (χ2n) is 5.36. The Balaban J connectivity index is 2.25. The second kappa shape index (κ2) is 5.43. The number of nitrogens with zero attached hydrogens (tertiary/aromatic N) is 2. The van der Waals surface area contributed by atoms with Gasteiger partial charge in [-0.3, -0.25) is 0 Å². The van der Waals surface area contributed by atoms with E-state index in [0.717, 1.165) is 11.8 Å². The Hall–Kier alpha value is -1.38. The molecule has 0 bridgehead atoms. The van der Waals surface area contributed by atoms with Gasteiger partial charge in [0.05, 0.1) is 5.56 Å². The van der Waals surface area contributed by atoms with Crippen LogP contribution in [0, 0.1) is 0 Å². The van der Waals surface area contributed by atoms with E-state index in [9.17, 15) is 18.3 Å². The molecule has 1 aromatic rings. The predicted octanol–water partition coefficient (Wildman–Crippen LogP) is 3.83. The summed E-state index contributed by atoms with van der Waals surface area (Å²) in [5.41, 5.74) is -1.77. The molecule has 0 aromatic carbocycles. The zero-order valence-electron chi connectivity index (χ0n) is 11.8. The Bertz CT molecular complexity index is 554. The molecule has 1 aliphatic heterocycles. The number of aromatic amines is 1. The summed E-state index contributed by atoms with van der Waals surface area (Å²) in [4.78, 5) is 5.20. The van der Waals surface area contributed by atoms with E-state index in [1.54, 1.807) is 6.92 Å². The van der Waals surface area contributed by atoms with Crippen LogP contribution in [-0.4, -0.2) is 25.9 Å². The quantitative estimate of drug-likeness (QED) is 0.887. The van der Waals surface area contributed by atoms with E-state index in [-0.39, 0.29) is 5.56 Å². The number of aromatic hydroxyl groups is 1. The normalized spacial score (nSPS) is 19.2. The minimum absolute atomic E-state index is 0.234. The Labute approximate surface area is 123 Å². The average Bonchev–Trinajstić information content (AvgIpc) is 2.89. The fourth-order valence-electron chi connectivity index (χ4n) is 2.04. The van der Waals surface area contributed by atoms with E-state index < -0.39 is 28.6 Å². The molecule has 0 aliphatic carbocycles. The van der Waals surface area contributed by atoms with Crippen LogP contribution < -0.4 is 0 Å². The van der Waals surface area contributed by atoms with Crippen molar-refractivity contribution in [3.05, 3.63) is 11.3 Å². The van der Waals surface area contributed by atoms with E-state index in [0.29, 0.717) is 17.9 Å². The molecule has 2 N–H and O–H groups in total. The van der Waals surface area contributed by atoms with Gasteiger partial charge >= 0.3 is 6.18 Å². The van der Waals surface area contributed by atoms with Crippen LogP contribution in [0.1, 0.15) is 50.1 Å². The fraction of sp³-hybridized carbons (Fsp3) is 0.667. The molecule has 0 saturated heterocycles. The van der Waals surface area contributed by atoms with Crippen LogP contribution in [0.4, 0.5) is 13.2 Å². The highest BCUT2D eigenvalue weighted by atomic mass is 32.2. The fourth-order valence-corrected chi connectivity index (χ4v) is 3.39. The number of halogens is 3. The van der Waals surface area contributed by atoms with Gasteiger partial charge in [0.1, 0.15) is 10.6 Å². The molecule has 9 heteroatoms. The Morgan fingerprint density at radius 1 is 1.48 bits per heavy atom. The first-order valence-corrected chi connectivity index (χ1v) is 7.28. The van der Waals surface area contributed by atoms with E-state index in [1.807, 2.05) is 18.9 Å². The molecule has 1 unspecified atom stereocenters. The number of nitrogens with one attached hydrogen (secondary N) is 1. The molecule has 1 aromatic heterocycles. The van der Waals surface area contributed by atoms with Gasteiger partial charge in [0.2, 0.25) is 5.88 Å². The zero-order chi connectivity index (χ0) is 15.8. The third-order valence-electron chi connectivity index (χ3n) is 2.99. The van der Waals surface area contributed by atoms with Crippen molar-refractivity contribution in [3.8, 4) is 5.88 Å². The molecule has 1 aliphatic rings. The lowest BCUT2D eigenvalue weighted by Crippen LogP contribution is -2.18. The monoisotopic (exact) mass is 323 g/mol. The van der Waals surface area contributed by atoms with Crippen LogP contribution in [0.5, 0.6) is 5.88 Å². The lowest BCUT2D eigenvalue weighted by atomic mass is 10.1. The molecule has 0 spiro atoms. The maximum Gasteiger partial charge on any atom is 0.435 e. The number of oxime groups is 1. The predicted molar refractivity (Wildman–Crippen MR) is 73.1 cm³/mol. The number of rotatable bonds is 3. The van der Waals surface area contributed by atoms with E-state index in [2.05, 4.69) is 10.3 Å². The first kappa shape index (κ1) is 16.0. The standard InChI is InChI=1S/C12H16F3N3O2S/c1-4-6(21-7-5-11(2,3)20-18-7)8-9(12(13,14)15)16-17-10(8)19/h6H,4-5H2,1-3H3,(H2,16,17,19). The summed E-state index contributed by atoms with van der Waals surface area (Å²) >= 11 is 1.16. The van der Waals surface area contributed by atoms with Crippen LogP contribution >= 0.6 is 11.8 Å². The first-order chi connectivity index (χ1) is 9.64. The topological polar surface area (TPSA) is 70.5 Å². The summed E-state index contributed by atoms with van der Waals surface area (Å²) in [6.07, 6.45) is -3.71. The highest BCUT2D eigenvalue weighted by molar-refractivity contribution is 8.14. The van der Waals surface area contributed by atoms with E-state index in [4.69, 9.17) is 4.84 Å². The van der Waals surface area contributed by atoms with Crippen molar-refractivity contribution < 1.29 is 23.1 Å². The lowest BCUT2D eigenvalue weighted by Gasteiger charge is -2.16. The van der Waals surface area contributed by atoms with Gasteiger partial charge in [0, 0.05) is 11.7 Å². The van der Waals surface area contributed by atoms with Gasteiger partial charge in [-0.05, 0) is 20.3 Å². The average molecular weight is 323 g/mol. The Morgan fingerprint density at radius 2 is 2.14 bits per heavy atom. The molecule has 2 rings (SSSR count). The minimum Gasteiger partial charge on any atom is -0.493 e. The van der Waals surface area contributed by atoms with Gasteiger partial charge in [-0.2, -0.15) is 18.3 Å². The van der Waals surface area contributed by atoms with E-state index >= 15 is 0 Å². The number of thioether (sulfide) groups is 1. The number of aromatic nitrogens is 2. The van der Waals surface area contributed by atoms with Crippen LogP contribution in [0.15, 0.2) is 5.16 Å². The van der Waals surface area contributed by atoms with Crippen molar-refractivity contribution in [2.75, 3.05) is 0 Å². The van der Waals surface area contributed by atoms with Crippen molar-refractivity contribution in [1.82, 2.24) is 10.2 Å². The van der Waals surface area contributed by atoms with Crippen molar-refractivity contribution >= 4 is 16.8 Å². The SMILES string of the molecule is CCC(SC1=NOC(C)(C)C1)c1c(C(F)(F)F)n[nH]c1O. The summed E-state index contributed by atoms with van der Waals surface area (Å²) in [7, 11) is 0. The Morgan fingerprint density at radius 3 is 2.62 bits per heavy atom. The molecule has 0 amide bonds. The number of hydrogen-bond donors (Lipinski definition) is 2. The summed E-state index contributed by atoms with van der Waals surface area (Å²) in [5.74, 6) is -0.555. The maximum absolute atomic E-state index is 12.9. The first-order valence-electron chi connectivity index (χ1n) is 6.40. The number of alkyl halides is 3. The van der Waals surface area contributed by atoms with Gasteiger partial charge in [0.25, 0.3) is 0 Å². The molecule has 21 heavy (non-hydrogen) atoms. The lowest BCUT2D eigenvalue weighted by molar-refractivity contribution is -0.141. The highest BCUT2D eigenvalue weighted by Crippen LogP contribution is 2.45. The smallest absolute Gasteiger partial charge is 0.435 e. The molecular formula is C12H16F3N3O2S. The maximum atomic E-state index is 12.9. The molecule has 1 atom stereocenters. The number of hydrogen-bond acceptors (Lipinski definition) is 5. The van der Waals surface area contributed by atoms with Crippen molar-refractivity contribution in [3.63, 3.8) is 0 Å². The zero-order valence-corrected chi connectivity index (χ0v) is 12.6. The van der Waals surface area contributed by atoms with Crippen molar-refractivity contribution in [1.29, 1.82) is 0 Å². The molecule has 118 valence electrons. The number of H-pyrrole nitrogens is 1. The molecule has 0 saturated carbocycles. The van der Waals surface area contributed by atoms with Crippen LogP contribution in [0.3, 0.4) is 0 Å². The van der Waals surface area contributed by atoms with Gasteiger partial charge < -0.3 is 9.94 Å². The summed E-state index contributed by atoms with van der Waals surface area (Å²) in [6.45, 7) is 5.44. The van der Waals surface area contributed by atoms with Gasteiger partial charge in [0.15, 0.2) is 5.69 Å². The third kappa shape index (κ3) is 3.45. The molecule has 0 radical (unpaired) electrons. The van der Waals surface area contributed by atoms with Crippen LogP contribution in [-0.2, 0) is 11.0 Å². The van der Waals surface area contributed by atoms with Gasteiger partial charge in [-0.25, -0.2) is 5.10 Å². The van der Waals surface area contributed by atoms with Gasteiger partial charge in [-0.1, -0.05) is 23.8 Å². The van der Waals surface area contributed by atoms with Crippen molar-refractivity contribution in [2.45, 2.75) is 50.6 Å². The molecule has 5 nitrogen and oxygen atoms in total. The Kier molecular flexibility index (Phi) is 4.14. The summed E-state index contributed by atoms with van der Waals surface area (Å²) < 4.78 is 38.8.